The van der Waals surface area contributed by atoms with E-state index in [2.05, 4.69) is 13.8 Å². The van der Waals surface area contributed by atoms with E-state index in [1.54, 1.807) is 0 Å². The summed E-state index contributed by atoms with van der Waals surface area (Å²) in [6.45, 7) is 4.24. The summed E-state index contributed by atoms with van der Waals surface area (Å²) in [7, 11) is 0. The van der Waals surface area contributed by atoms with E-state index in [4.69, 9.17) is 12.2 Å². The molecule has 0 radical (unpaired) electrons. The molecule has 0 aliphatic heterocycles. The SMILES string of the molecule is CC(C)CC(=S)CC(=O)Cc1ccccc1. The molecule has 2 heteroatoms. The molecule has 86 valence electrons. The van der Waals surface area contributed by atoms with Gasteiger partial charge in [-0.3, -0.25) is 4.79 Å². The van der Waals surface area contributed by atoms with E-state index in [-0.39, 0.29) is 5.78 Å². The molecule has 0 fully saturated rings. The van der Waals surface area contributed by atoms with Gasteiger partial charge >= 0.3 is 0 Å². The quantitative estimate of drug-likeness (QED) is 0.699. The molecule has 0 amide bonds. The lowest BCUT2D eigenvalue weighted by molar-refractivity contribution is -0.117. The van der Waals surface area contributed by atoms with Crippen LogP contribution in [-0.2, 0) is 11.2 Å². The Balaban J connectivity index is 2.39. The Bertz CT molecular complexity index is 354. The number of carbonyl (C=O) groups is 1. The zero-order chi connectivity index (χ0) is 12.0. The van der Waals surface area contributed by atoms with Crippen LogP contribution in [0.15, 0.2) is 30.3 Å². The molecule has 16 heavy (non-hydrogen) atoms. The normalized spacial score (nSPS) is 10.4. The average Bonchev–Trinajstić information content (AvgIpc) is 2.17. The van der Waals surface area contributed by atoms with Gasteiger partial charge in [-0.1, -0.05) is 56.4 Å². The van der Waals surface area contributed by atoms with Gasteiger partial charge < -0.3 is 0 Å². The molecule has 0 aromatic heterocycles. The summed E-state index contributed by atoms with van der Waals surface area (Å²) in [5.74, 6) is 0.758. The van der Waals surface area contributed by atoms with E-state index in [1.165, 1.54) is 0 Å². The van der Waals surface area contributed by atoms with Gasteiger partial charge in [-0.2, -0.15) is 0 Å². The van der Waals surface area contributed by atoms with E-state index in [0.29, 0.717) is 18.8 Å². The topological polar surface area (TPSA) is 17.1 Å². The standard InChI is InChI=1S/C14H18OS/c1-11(2)8-14(16)10-13(15)9-12-6-4-3-5-7-12/h3-7,11H,8-10H2,1-2H3. The Kier molecular flexibility index (Phi) is 5.33. The summed E-state index contributed by atoms with van der Waals surface area (Å²) in [4.78, 5) is 12.6. The Hall–Kier alpha value is -1.02. The number of benzene rings is 1. The van der Waals surface area contributed by atoms with Crippen molar-refractivity contribution in [2.45, 2.75) is 33.1 Å². The minimum atomic E-state index is 0.219. The van der Waals surface area contributed by atoms with Crippen LogP contribution in [0, 0.1) is 5.92 Å². The van der Waals surface area contributed by atoms with Gasteiger partial charge in [-0.15, -0.1) is 0 Å². The fraction of sp³-hybridized carbons (Fsp3) is 0.429. The number of hydrogen-bond donors (Lipinski definition) is 0. The summed E-state index contributed by atoms with van der Waals surface area (Å²) in [6, 6.07) is 9.81. The zero-order valence-electron chi connectivity index (χ0n) is 9.90. The summed E-state index contributed by atoms with van der Waals surface area (Å²) >= 11 is 5.20. The molecule has 1 rings (SSSR count). The number of Topliss-reactive ketones (excluding diaryl/α,β-unsaturated/α-hetero) is 1. The maximum absolute atomic E-state index is 11.7. The number of ketones is 1. The summed E-state index contributed by atoms with van der Waals surface area (Å²) in [5, 5.41) is 0. The summed E-state index contributed by atoms with van der Waals surface area (Å²) in [6.07, 6.45) is 1.82. The molecule has 0 N–H and O–H groups in total. The molecule has 0 spiro atoms. The second-order valence-corrected chi connectivity index (χ2v) is 5.09. The lowest BCUT2D eigenvalue weighted by Crippen LogP contribution is -2.10. The monoisotopic (exact) mass is 234 g/mol. The Morgan fingerprint density at radius 1 is 1.25 bits per heavy atom. The largest absolute Gasteiger partial charge is 0.299 e. The highest BCUT2D eigenvalue weighted by Crippen LogP contribution is 2.08. The molecule has 0 bridgehead atoms. The summed E-state index contributed by atoms with van der Waals surface area (Å²) in [5.41, 5.74) is 1.07. The first kappa shape index (κ1) is 13.0. The van der Waals surface area contributed by atoms with E-state index < -0.39 is 0 Å². The second kappa shape index (κ2) is 6.54. The van der Waals surface area contributed by atoms with Crippen LogP contribution in [0.25, 0.3) is 0 Å². The van der Waals surface area contributed by atoms with Gasteiger partial charge in [0.15, 0.2) is 0 Å². The van der Waals surface area contributed by atoms with Crippen LogP contribution in [0.1, 0.15) is 32.3 Å². The highest BCUT2D eigenvalue weighted by molar-refractivity contribution is 7.80. The molecular weight excluding hydrogens is 216 g/mol. The minimum Gasteiger partial charge on any atom is -0.299 e. The number of thiocarbonyl (C=S) groups is 1. The van der Waals surface area contributed by atoms with E-state index >= 15 is 0 Å². The highest BCUT2D eigenvalue weighted by Gasteiger charge is 2.08. The van der Waals surface area contributed by atoms with Crippen molar-refractivity contribution in [3.8, 4) is 0 Å². The van der Waals surface area contributed by atoms with E-state index in [9.17, 15) is 4.79 Å². The Morgan fingerprint density at radius 3 is 2.44 bits per heavy atom. The molecule has 1 aromatic rings. The van der Waals surface area contributed by atoms with Crippen molar-refractivity contribution in [3.63, 3.8) is 0 Å². The molecule has 0 saturated heterocycles. The van der Waals surface area contributed by atoms with Crippen molar-refractivity contribution in [2.24, 2.45) is 5.92 Å². The van der Waals surface area contributed by atoms with Crippen molar-refractivity contribution < 1.29 is 4.79 Å². The van der Waals surface area contributed by atoms with Crippen LogP contribution >= 0.6 is 12.2 Å². The molecule has 0 heterocycles. The minimum absolute atomic E-state index is 0.219. The smallest absolute Gasteiger partial charge is 0.142 e. The lowest BCUT2D eigenvalue weighted by Gasteiger charge is -2.06. The predicted molar refractivity (Wildman–Crippen MR) is 71.8 cm³/mol. The average molecular weight is 234 g/mol. The first-order valence-electron chi connectivity index (χ1n) is 5.65. The molecule has 0 atom stereocenters. The zero-order valence-corrected chi connectivity index (χ0v) is 10.7. The van der Waals surface area contributed by atoms with Gasteiger partial charge in [-0.05, 0) is 17.9 Å². The van der Waals surface area contributed by atoms with Gasteiger partial charge in [0.05, 0.1) is 0 Å². The molecule has 1 aromatic carbocycles. The van der Waals surface area contributed by atoms with E-state index in [1.807, 2.05) is 30.3 Å². The fourth-order valence-corrected chi connectivity index (χ4v) is 2.13. The maximum atomic E-state index is 11.7. The third kappa shape index (κ3) is 5.17. The maximum Gasteiger partial charge on any atom is 0.142 e. The predicted octanol–water partition coefficient (Wildman–Crippen LogP) is 3.60. The van der Waals surface area contributed by atoms with Crippen molar-refractivity contribution in [2.75, 3.05) is 0 Å². The Morgan fingerprint density at radius 2 is 1.88 bits per heavy atom. The fourth-order valence-electron chi connectivity index (χ4n) is 1.63. The molecule has 0 saturated carbocycles. The van der Waals surface area contributed by atoms with Crippen LogP contribution in [0.3, 0.4) is 0 Å². The van der Waals surface area contributed by atoms with Gasteiger partial charge in [0.25, 0.3) is 0 Å². The molecule has 0 unspecified atom stereocenters. The van der Waals surface area contributed by atoms with Crippen molar-refractivity contribution in [1.29, 1.82) is 0 Å². The van der Waals surface area contributed by atoms with Gasteiger partial charge in [0, 0.05) is 17.7 Å². The number of hydrogen-bond acceptors (Lipinski definition) is 2. The molecule has 0 aliphatic carbocycles. The van der Waals surface area contributed by atoms with Crippen molar-refractivity contribution >= 4 is 22.9 Å². The first-order valence-corrected chi connectivity index (χ1v) is 6.06. The van der Waals surface area contributed by atoms with Crippen molar-refractivity contribution in [1.82, 2.24) is 0 Å². The van der Waals surface area contributed by atoms with Crippen LogP contribution in [0.5, 0.6) is 0 Å². The van der Waals surface area contributed by atoms with Gasteiger partial charge in [0.2, 0.25) is 0 Å². The Labute approximate surface area is 103 Å². The van der Waals surface area contributed by atoms with Gasteiger partial charge in [-0.25, -0.2) is 0 Å². The van der Waals surface area contributed by atoms with Crippen LogP contribution in [0.4, 0.5) is 0 Å². The third-order valence-corrected chi connectivity index (χ3v) is 2.59. The lowest BCUT2D eigenvalue weighted by atomic mass is 10.0. The first-order chi connectivity index (χ1) is 7.58. The number of carbonyl (C=O) groups excluding carboxylic acids is 1. The highest BCUT2D eigenvalue weighted by atomic mass is 32.1. The van der Waals surface area contributed by atoms with E-state index in [0.717, 1.165) is 16.8 Å². The molecular formula is C14H18OS. The number of rotatable bonds is 6. The second-order valence-electron chi connectivity index (χ2n) is 4.51. The van der Waals surface area contributed by atoms with Crippen molar-refractivity contribution in [3.05, 3.63) is 35.9 Å². The molecule has 1 nitrogen and oxygen atoms in total. The van der Waals surface area contributed by atoms with Gasteiger partial charge in [0.1, 0.15) is 5.78 Å². The third-order valence-electron chi connectivity index (χ3n) is 2.27. The van der Waals surface area contributed by atoms with Crippen LogP contribution in [-0.4, -0.2) is 10.6 Å². The van der Waals surface area contributed by atoms with Crippen LogP contribution < -0.4 is 0 Å². The van der Waals surface area contributed by atoms with Crippen LogP contribution in [0.2, 0.25) is 0 Å². The summed E-state index contributed by atoms with van der Waals surface area (Å²) < 4.78 is 0. The molecule has 0 aliphatic rings.